The van der Waals surface area contributed by atoms with Crippen LogP contribution in [0.1, 0.15) is 36.2 Å². The zero-order valence-electron chi connectivity index (χ0n) is 17.4. The van der Waals surface area contributed by atoms with Crippen LogP contribution in [0.3, 0.4) is 0 Å². The molecule has 1 saturated heterocycles. The number of amides is 2. The van der Waals surface area contributed by atoms with Gasteiger partial charge in [-0.25, -0.2) is 4.98 Å². The van der Waals surface area contributed by atoms with Crippen LogP contribution in [0.15, 0.2) is 42.5 Å². The summed E-state index contributed by atoms with van der Waals surface area (Å²) in [6.07, 6.45) is 3.18. The summed E-state index contributed by atoms with van der Waals surface area (Å²) in [5.74, 6) is 0.873. The Hall–Kier alpha value is -3.19. The van der Waals surface area contributed by atoms with Crippen molar-refractivity contribution in [2.75, 3.05) is 18.5 Å². The van der Waals surface area contributed by atoms with E-state index in [1.54, 1.807) is 0 Å². The predicted octanol–water partition coefficient (Wildman–Crippen LogP) is 3.20. The summed E-state index contributed by atoms with van der Waals surface area (Å²) in [5, 5.41) is 2.96. The van der Waals surface area contributed by atoms with E-state index >= 15 is 0 Å². The number of imidazole rings is 1. The van der Waals surface area contributed by atoms with Crippen molar-refractivity contribution >= 4 is 28.5 Å². The summed E-state index contributed by atoms with van der Waals surface area (Å²) in [7, 11) is 0. The van der Waals surface area contributed by atoms with Crippen LogP contribution in [0.5, 0.6) is 0 Å². The van der Waals surface area contributed by atoms with E-state index < -0.39 is 0 Å². The molecule has 2 N–H and O–H groups in total. The number of anilines is 1. The number of benzene rings is 2. The van der Waals surface area contributed by atoms with Crippen molar-refractivity contribution in [3.05, 3.63) is 59.4 Å². The highest BCUT2D eigenvalue weighted by atomic mass is 16.5. The molecule has 160 valence electrons. The molecule has 0 saturated carbocycles. The summed E-state index contributed by atoms with van der Waals surface area (Å²) in [6.45, 7) is 1.93. The molecule has 7 heteroatoms. The normalized spacial score (nSPS) is 18.2. The molecule has 1 atom stereocenters. The molecule has 3 heterocycles. The molecule has 0 aliphatic carbocycles. The van der Waals surface area contributed by atoms with E-state index in [0.717, 1.165) is 47.4 Å². The number of aromatic nitrogens is 2. The average molecular weight is 418 g/mol. The number of hydrogen-bond acceptors (Lipinski definition) is 4. The highest BCUT2D eigenvalue weighted by Gasteiger charge is 2.25. The molecule has 0 bridgehead atoms. The molecule has 2 amide bonds. The molecule has 1 fully saturated rings. The van der Waals surface area contributed by atoms with Crippen LogP contribution in [-0.4, -0.2) is 45.9 Å². The maximum absolute atomic E-state index is 12.8. The van der Waals surface area contributed by atoms with Gasteiger partial charge in [0.2, 0.25) is 5.91 Å². The summed E-state index contributed by atoms with van der Waals surface area (Å²) in [4.78, 5) is 34.9. The van der Waals surface area contributed by atoms with Gasteiger partial charge in [-0.2, -0.15) is 0 Å². The van der Waals surface area contributed by atoms with E-state index in [1.165, 1.54) is 5.56 Å². The van der Waals surface area contributed by atoms with Gasteiger partial charge in [0.25, 0.3) is 5.91 Å². The molecule has 2 aromatic carbocycles. The molecule has 5 rings (SSSR count). The lowest BCUT2D eigenvalue weighted by Crippen LogP contribution is -2.36. The van der Waals surface area contributed by atoms with Crippen molar-refractivity contribution in [3.8, 4) is 0 Å². The number of aromatic amines is 1. The number of carbonyl (C=O) groups excluding carboxylic acids is 2. The van der Waals surface area contributed by atoms with Crippen molar-refractivity contribution in [1.29, 1.82) is 0 Å². The summed E-state index contributed by atoms with van der Waals surface area (Å²) in [5.41, 5.74) is 5.00. The number of aryl methyl sites for hydroxylation is 1. The van der Waals surface area contributed by atoms with Gasteiger partial charge in [0, 0.05) is 38.2 Å². The molecule has 0 spiro atoms. The lowest BCUT2D eigenvalue weighted by atomic mass is 9.98. The third kappa shape index (κ3) is 4.32. The van der Waals surface area contributed by atoms with Crippen LogP contribution < -0.4 is 5.32 Å². The molecule has 0 radical (unpaired) electrons. The predicted molar refractivity (Wildman–Crippen MR) is 118 cm³/mol. The second kappa shape index (κ2) is 8.51. The molecule has 7 nitrogen and oxygen atoms in total. The van der Waals surface area contributed by atoms with Gasteiger partial charge in [-0.05, 0) is 54.7 Å². The standard InChI is InChI=1S/C24H26N4O3/c29-23(10-9-22-26-19-4-1-2-5-20(19)27-22)28-12-11-16-7-8-18(14-17(16)15-28)25-24(30)21-6-3-13-31-21/h1-2,4-5,7-8,14,21H,3,6,9-13,15H2,(H,25,30)(H,26,27). The fraction of sp³-hybridized carbons (Fsp3) is 0.375. The minimum Gasteiger partial charge on any atom is -0.368 e. The summed E-state index contributed by atoms with van der Waals surface area (Å²) >= 11 is 0. The minimum absolute atomic E-state index is 0.0907. The van der Waals surface area contributed by atoms with Crippen LogP contribution in [0.2, 0.25) is 0 Å². The van der Waals surface area contributed by atoms with Gasteiger partial charge in [-0.15, -0.1) is 0 Å². The first-order valence-corrected chi connectivity index (χ1v) is 10.9. The Balaban J connectivity index is 1.20. The number of nitrogens with one attached hydrogen (secondary N) is 2. The van der Waals surface area contributed by atoms with Crippen LogP contribution in [0.25, 0.3) is 11.0 Å². The van der Waals surface area contributed by atoms with Crippen molar-refractivity contribution in [1.82, 2.24) is 14.9 Å². The number of ether oxygens (including phenoxy) is 1. The van der Waals surface area contributed by atoms with Gasteiger partial charge in [-0.1, -0.05) is 18.2 Å². The monoisotopic (exact) mass is 418 g/mol. The summed E-state index contributed by atoms with van der Waals surface area (Å²) < 4.78 is 5.46. The lowest BCUT2D eigenvalue weighted by molar-refractivity contribution is -0.132. The zero-order chi connectivity index (χ0) is 21.2. The van der Waals surface area contributed by atoms with Crippen molar-refractivity contribution in [2.24, 2.45) is 0 Å². The van der Waals surface area contributed by atoms with E-state index in [-0.39, 0.29) is 17.9 Å². The Morgan fingerprint density at radius 3 is 2.94 bits per heavy atom. The molecule has 2 aliphatic rings. The molecular weight excluding hydrogens is 392 g/mol. The van der Waals surface area contributed by atoms with Crippen LogP contribution >= 0.6 is 0 Å². The lowest BCUT2D eigenvalue weighted by Gasteiger charge is -2.29. The van der Waals surface area contributed by atoms with Gasteiger partial charge in [0.05, 0.1) is 11.0 Å². The highest BCUT2D eigenvalue weighted by molar-refractivity contribution is 5.94. The molecule has 2 aliphatic heterocycles. The molecule has 31 heavy (non-hydrogen) atoms. The fourth-order valence-electron chi connectivity index (χ4n) is 4.36. The van der Waals surface area contributed by atoms with Gasteiger partial charge < -0.3 is 19.9 Å². The second-order valence-electron chi connectivity index (χ2n) is 8.24. The van der Waals surface area contributed by atoms with E-state index in [4.69, 9.17) is 4.74 Å². The van der Waals surface area contributed by atoms with E-state index in [0.29, 0.717) is 32.5 Å². The Morgan fingerprint density at radius 2 is 2.10 bits per heavy atom. The Bertz CT molecular complexity index is 1080. The van der Waals surface area contributed by atoms with Crippen molar-refractivity contribution in [2.45, 2.75) is 44.8 Å². The van der Waals surface area contributed by atoms with E-state index in [1.807, 2.05) is 41.3 Å². The minimum atomic E-state index is -0.354. The van der Waals surface area contributed by atoms with Crippen molar-refractivity contribution in [3.63, 3.8) is 0 Å². The number of carbonyl (C=O) groups is 2. The van der Waals surface area contributed by atoms with E-state index in [2.05, 4.69) is 21.4 Å². The number of para-hydroxylation sites is 2. The molecule has 1 aromatic heterocycles. The largest absolute Gasteiger partial charge is 0.368 e. The first-order chi connectivity index (χ1) is 15.2. The number of fused-ring (bicyclic) bond motifs is 2. The van der Waals surface area contributed by atoms with Crippen LogP contribution in [0, 0.1) is 0 Å². The topological polar surface area (TPSA) is 87.3 Å². The van der Waals surface area contributed by atoms with Crippen LogP contribution in [-0.2, 0) is 33.7 Å². The maximum atomic E-state index is 12.8. The molecular formula is C24H26N4O3. The third-order valence-corrected chi connectivity index (χ3v) is 6.07. The summed E-state index contributed by atoms with van der Waals surface area (Å²) in [6, 6.07) is 13.9. The number of nitrogens with zero attached hydrogens (tertiary/aromatic N) is 2. The van der Waals surface area contributed by atoms with Gasteiger partial charge in [0.15, 0.2) is 0 Å². The maximum Gasteiger partial charge on any atom is 0.253 e. The Morgan fingerprint density at radius 1 is 1.19 bits per heavy atom. The fourth-order valence-corrected chi connectivity index (χ4v) is 4.36. The first-order valence-electron chi connectivity index (χ1n) is 10.9. The van der Waals surface area contributed by atoms with Crippen molar-refractivity contribution < 1.29 is 14.3 Å². The quantitative estimate of drug-likeness (QED) is 0.666. The van der Waals surface area contributed by atoms with Gasteiger partial charge >= 0.3 is 0 Å². The van der Waals surface area contributed by atoms with Crippen LogP contribution in [0.4, 0.5) is 5.69 Å². The van der Waals surface area contributed by atoms with Gasteiger partial charge in [-0.3, -0.25) is 9.59 Å². The zero-order valence-corrected chi connectivity index (χ0v) is 17.4. The number of rotatable bonds is 5. The third-order valence-electron chi connectivity index (χ3n) is 6.07. The number of H-pyrrole nitrogens is 1. The Kier molecular flexibility index (Phi) is 5.42. The smallest absolute Gasteiger partial charge is 0.253 e. The first kappa shape index (κ1) is 19.8. The van der Waals surface area contributed by atoms with E-state index in [9.17, 15) is 9.59 Å². The molecule has 1 unspecified atom stereocenters. The SMILES string of the molecule is O=C(Nc1ccc2c(c1)CN(C(=O)CCc1nc3ccccc3[nH]1)CC2)C1CCCO1. The highest BCUT2D eigenvalue weighted by Crippen LogP contribution is 2.24. The molecule has 3 aromatic rings. The average Bonchev–Trinajstić information content (AvgIpc) is 3.46. The second-order valence-corrected chi connectivity index (χ2v) is 8.24. The Labute approximate surface area is 180 Å². The number of hydrogen-bond donors (Lipinski definition) is 2. The van der Waals surface area contributed by atoms with Gasteiger partial charge in [0.1, 0.15) is 11.9 Å².